The van der Waals surface area contributed by atoms with Crippen molar-refractivity contribution in [2.75, 3.05) is 6.54 Å². The molecule has 1 unspecified atom stereocenters. The second-order valence-corrected chi connectivity index (χ2v) is 10.5. The lowest BCUT2D eigenvalue weighted by atomic mass is 9.59. The summed E-state index contributed by atoms with van der Waals surface area (Å²) in [6.07, 6.45) is 7.28. The van der Waals surface area contributed by atoms with E-state index in [-0.39, 0.29) is 29.3 Å². The zero-order valence-electron chi connectivity index (χ0n) is 19.4. The molecular weight excluding hydrogens is 394 g/mol. The molecule has 168 valence electrons. The number of esters is 1. The smallest absolute Gasteiger partial charge is 0.311 e. The Kier molecular flexibility index (Phi) is 5.94. The molecule has 0 bridgehead atoms. The second-order valence-electron chi connectivity index (χ2n) is 10.5. The number of fused-ring (bicyclic) bond motifs is 2. The lowest BCUT2D eigenvalue weighted by molar-refractivity contribution is -0.145. The summed E-state index contributed by atoms with van der Waals surface area (Å²) in [5.74, 6) is 0.743. The van der Waals surface area contributed by atoms with E-state index in [9.17, 15) is 4.79 Å². The topological polar surface area (TPSA) is 29.5 Å². The van der Waals surface area contributed by atoms with Crippen molar-refractivity contribution in [2.45, 2.75) is 58.7 Å². The first-order valence-corrected chi connectivity index (χ1v) is 12.2. The molecule has 0 N–H and O–H groups in total. The maximum Gasteiger partial charge on any atom is 0.311 e. The van der Waals surface area contributed by atoms with Gasteiger partial charge in [0.25, 0.3) is 0 Å². The molecule has 2 aromatic carbocycles. The van der Waals surface area contributed by atoms with Crippen LogP contribution in [0.3, 0.4) is 0 Å². The minimum atomic E-state index is -0.0846. The van der Waals surface area contributed by atoms with E-state index in [2.05, 4.69) is 85.5 Å². The number of ether oxygens (including phenoxy) is 1. The van der Waals surface area contributed by atoms with Gasteiger partial charge in [-0.1, -0.05) is 92.6 Å². The summed E-state index contributed by atoms with van der Waals surface area (Å²) in [4.78, 5) is 15.5. The Morgan fingerprint density at radius 3 is 2.25 bits per heavy atom. The fourth-order valence-corrected chi connectivity index (χ4v) is 6.41. The zero-order chi connectivity index (χ0) is 22.1. The van der Waals surface area contributed by atoms with Crippen LogP contribution in [0.5, 0.6) is 0 Å². The van der Waals surface area contributed by atoms with E-state index in [1.807, 2.05) is 0 Å². The third-order valence-electron chi connectivity index (χ3n) is 8.03. The van der Waals surface area contributed by atoms with Gasteiger partial charge in [-0.05, 0) is 41.7 Å². The molecular formula is C29H35NO2. The van der Waals surface area contributed by atoms with Crippen LogP contribution < -0.4 is 0 Å². The van der Waals surface area contributed by atoms with Crippen molar-refractivity contribution >= 4 is 5.97 Å². The first kappa shape index (κ1) is 21.5. The van der Waals surface area contributed by atoms with E-state index in [4.69, 9.17) is 4.74 Å². The summed E-state index contributed by atoms with van der Waals surface area (Å²) >= 11 is 0. The van der Waals surface area contributed by atoms with E-state index in [0.717, 1.165) is 26.1 Å². The van der Waals surface area contributed by atoms with Crippen LogP contribution in [-0.2, 0) is 22.6 Å². The number of nitrogens with zero attached hydrogens (tertiary/aromatic N) is 1. The fourth-order valence-electron chi connectivity index (χ4n) is 6.41. The molecule has 3 nitrogen and oxygen atoms in total. The average Bonchev–Trinajstić information content (AvgIpc) is 3.07. The highest BCUT2D eigenvalue weighted by atomic mass is 16.6. The predicted octanol–water partition coefficient (Wildman–Crippen LogP) is 6.00. The van der Waals surface area contributed by atoms with Crippen LogP contribution in [0.1, 0.15) is 50.7 Å². The normalized spacial score (nSPS) is 31.6. The molecule has 2 fully saturated rings. The van der Waals surface area contributed by atoms with Crippen molar-refractivity contribution in [3.8, 4) is 0 Å². The van der Waals surface area contributed by atoms with E-state index in [0.29, 0.717) is 5.92 Å². The quantitative estimate of drug-likeness (QED) is 0.416. The third-order valence-corrected chi connectivity index (χ3v) is 8.03. The van der Waals surface area contributed by atoms with Crippen molar-refractivity contribution in [1.82, 2.24) is 4.90 Å². The Bertz CT molecular complexity index is 928. The van der Waals surface area contributed by atoms with Gasteiger partial charge >= 0.3 is 5.97 Å². The number of allylic oxidation sites excluding steroid dienone is 1. The van der Waals surface area contributed by atoms with Gasteiger partial charge in [0.2, 0.25) is 0 Å². The third kappa shape index (κ3) is 4.28. The Labute approximate surface area is 192 Å². The van der Waals surface area contributed by atoms with Crippen LogP contribution in [0, 0.1) is 23.2 Å². The van der Waals surface area contributed by atoms with Gasteiger partial charge in [0.1, 0.15) is 6.10 Å². The van der Waals surface area contributed by atoms with Gasteiger partial charge in [-0.25, -0.2) is 0 Å². The summed E-state index contributed by atoms with van der Waals surface area (Å²) < 4.78 is 6.02. The van der Waals surface area contributed by atoms with Gasteiger partial charge in [0.15, 0.2) is 0 Å². The van der Waals surface area contributed by atoms with Crippen LogP contribution in [0.15, 0.2) is 72.3 Å². The number of benzene rings is 2. The van der Waals surface area contributed by atoms with E-state index < -0.39 is 0 Å². The van der Waals surface area contributed by atoms with Gasteiger partial charge in [-0.15, -0.1) is 0 Å². The van der Waals surface area contributed by atoms with E-state index in [1.54, 1.807) is 5.57 Å². The molecule has 0 spiro atoms. The average molecular weight is 430 g/mol. The largest absolute Gasteiger partial charge is 0.461 e. The minimum absolute atomic E-state index is 0.00197. The molecule has 0 aromatic heterocycles. The maximum absolute atomic E-state index is 13.1. The van der Waals surface area contributed by atoms with Crippen molar-refractivity contribution in [1.29, 1.82) is 0 Å². The van der Waals surface area contributed by atoms with Gasteiger partial charge in [0, 0.05) is 25.6 Å². The zero-order valence-corrected chi connectivity index (χ0v) is 19.4. The first-order chi connectivity index (χ1) is 15.5. The summed E-state index contributed by atoms with van der Waals surface area (Å²) in [6, 6.07) is 21.2. The molecule has 2 aliphatic carbocycles. The molecule has 32 heavy (non-hydrogen) atoms. The van der Waals surface area contributed by atoms with Crippen LogP contribution in [0.4, 0.5) is 0 Å². The Morgan fingerprint density at radius 1 is 1.00 bits per heavy atom. The summed E-state index contributed by atoms with van der Waals surface area (Å²) in [7, 11) is 0. The molecule has 0 radical (unpaired) electrons. The van der Waals surface area contributed by atoms with Crippen molar-refractivity contribution in [2.24, 2.45) is 23.2 Å². The van der Waals surface area contributed by atoms with E-state index in [1.165, 1.54) is 30.4 Å². The molecule has 5 atom stereocenters. The number of carbonyl (C=O) groups excluding carboxylic acids is 1. The Hall–Kier alpha value is -2.39. The minimum Gasteiger partial charge on any atom is -0.461 e. The molecule has 0 amide bonds. The van der Waals surface area contributed by atoms with Crippen molar-refractivity contribution in [3.63, 3.8) is 0 Å². The van der Waals surface area contributed by atoms with Crippen LogP contribution in [0.2, 0.25) is 0 Å². The SMILES string of the molecule is C[C@H]1CCC[C@]2(C)C[C@H]3OC(=O)C(CN(Cc4ccccc4)Cc4ccccc4)[C@H]3C=C12. The van der Waals surface area contributed by atoms with Gasteiger partial charge in [-0.2, -0.15) is 0 Å². The molecule has 3 heteroatoms. The molecule has 3 aliphatic rings. The number of rotatable bonds is 6. The summed E-state index contributed by atoms with van der Waals surface area (Å²) in [5.41, 5.74) is 4.36. The molecule has 2 aromatic rings. The monoisotopic (exact) mass is 429 g/mol. The molecule has 1 saturated carbocycles. The highest BCUT2D eigenvalue weighted by Gasteiger charge is 2.51. The second kappa shape index (κ2) is 8.86. The van der Waals surface area contributed by atoms with Crippen molar-refractivity contribution < 1.29 is 9.53 Å². The molecule has 1 aliphatic heterocycles. The van der Waals surface area contributed by atoms with E-state index >= 15 is 0 Å². The van der Waals surface area contributed by atoms with Crippen molar-refractivity contribution in [3.05, 3.63) is 83.4 Å². The summed E-state index contributed by atoms with van der Waals surface area (Å²) in [6.45, 7) is 7.16. The maximum atomic E-state index is 13.1. The number of hydrogen-bond donors (Lipinski definition) is 0. The molecule has 1 saturated heterocycles. The summed E-state index contributed by atoms with van der Waals surface area (Å²) in [5, 5.41) is 0. The standard InChI is InChI=1S/C29H35NO2/c1-21-10-9-15-29(2)17-27-24(16-26(21)29)25(28(31)32-27)20-30(18-22-11-5-3-6-12-22)19-23-13-7-4-8-14-23/h3-8,11-14,16,21,24-25,27H,9-10,15,17-20H2,1-2H3/t21-,24+,25?,27+,29+/m0/s1. The lowest BCUT2D eigenvalue weighted by Gasteiger charge is -2.46. The first-order valence-electron chi connectivity index (χ1n) is 12.2. The Morgan fingerprint density at radius 2 is 1.62 bits per heavy atom. The van der Waals surface area contributed by atoms with Gasteiger partial charge in [-0.3, -0.25) is 9.69 Å². The number of hydrogen-bond acceptors (Lipinski definition) is 3. The Balaban J connectivity index is 1.40. The lowest BCUT2D eigenvalue weighted by Crippen LogP contribution is -2.40. The highest BCUT2D eigenvalue weighted by molar-refractivity contribution is 5.76. The molecule has 1 heterocycles. The fraction of sp³-hybridized carbons (Fsp3) is 0.483. The molecule has 5 rings (SSSR count). The van der Waals surface area contributed by atoms with Crippen LogP contribution in [-0.4, -0.2) is 23.5 Å². The predicted molar refractivity (Wildman–Crippen MR) is 128 cm³/mol. The highest BCUT2D eigenvalue weighted by Crippen LogP contribution is 2.54. The number of carbonyl (C=O) groups is 1. The van der Waals surface area contributed by atoms with Crippen LogP contribution in [0.25, 0.3) is 0 Å². The van der Waals surface area contributed by atoms with Crippen LogP contribution >= 0.6 is 0 Å². The van der Waals surface area contributed by atoms with Gasteiger partial charge in [0.05, 0.1) is 5.92 Å². The van der Waals surface area contributed by atoms with Gasteiger partial charge < -0.3 is 4.74 Å².